The van der Waals surface area contributed by atoms with Crippen molar-refractivity contribution in [1.29, 1.82) is 0 Å². The molecule has 0 amide bonds. The first-order valence-corrected chi connectivity index (χ1v) is 4.00. The van der Waals surface area contributed by atoms with E-state index < -0.39 is 5.82 Å². The highest BCUT2D eigenvalue weighted by atomic mass is 19.1. The fourth-order valence-electron chi connectivity index (χ4n) is 1.21. The van der Waals surface area contributed by atoms with Crippen LogP contribution >= 0.6 is 0 Å². The second-order valence-corrected chi connectivity index (χ2v) is 2.99. The van der Waals surface area contributed by atoms with E-state index in [0.29, 0.717) is 0 Å². The van der Waals surface area contributed by atoms with Crippen molar-refractivity contribution in [2.24, 2.45) is 5.73 Å². The Balaban J connectivity index is 3.22. The van der Waals surface area contributed by atoms with Gasteiger partial charge in [-0.3, -0.25) is 0 Å². The highest BCUT2D eigenvalue weighted by Gasteiger charge is 2.08. The molecule has 1 aromatic carbocycles. The molecule has 0 fully saturated rings. The van der Waals surface area contributed by atoms with Crippen molar-refractivity contribution in [3.8, 4) is 0 Å². The van der Waals surface area contributed by atoms with Crippen LogP contribution in [0.25, 0.3) is 0 Å². The maximum absolute atomic E-state index is 13.0. The average molecular weight is 180 g/mol. The summed E-state index contributed by atoms with van der Waals surface area (Å²) in [5.41, 5.74) is 12.8. The lowest BCUT2D eigenvalue weighted by atomic mass is 10.0. The smallest absolute Gasteiger partial charge is 0.146 e. The molecule has 0 spiro atoms. The summed E-state index contributed by atoms with van der Waals surface area (Å²) >= 11 is 0. The van der Waals surface area contributed by atoms with Gasteiger partial charge in [-0.25, -0.2) is 4.39 Å². The summed E-state index contributed by atoms with van der Waals surface area (Å²) in [4.78, 5) is 0. The van der Waals surface area contributed by atoms with Crippen molar-refractivity contribution in [3.63, 3.8) is 0 Å². The predicted octanol–water partition coefficient (Wildman–Crippen LogP) is 1.90. The van der Waals surface area contributed by atoms with Gasteiger partial charge in [0, 0.05) is 6.04 Å². The van der Waals surface area contributed by atoms with Gasteiger partial charge in [0.2, 0.25) is 0 Å². The van der Waals surface area contributed by atoms with Gasteiger partial charge < -0.3 is 11.5 Å². The van der Waals surface area contributed by atoms with Crippen LogP contribution in [0.4, 0.5) is 10.1 Å². The van der Waals surface area contributed by atoms with E-state index in [2.05, 4.69) is 6.58 Å². The van der Waals surface area contributed by atoms with Gasteiger partial charge in [-0.1, -0.05) is 6.08 Å². The maximum atomic E-state index is 13.0. The number of hydrogen-bond donors (Lipinski definition) is 2. The molecule has 0 aliphatic heterocycles. The second kappa shape index (κ2) is 3.58. The first-order valence-electron chi connectivity index (χ1n) is 4.00. The van der Waals surface area contributed by atoms with Crippen LogP contribution < -0.4 is 11.5 Å². The van der Waals surface area contributed by atoms with Crippen molar-refractivity contribution in [1.82, 2.24) is 0 Å². The minimum absolute atomic E-state index is 0.150. The number of benzene rings is 1. The summed E-state index contributed by atoms with van der Waals surface area (Å²) in [6.07, 6.45) is 1.57. The molecule has 0 radical (unpaired) electrons. The van der Waals surface area contributed by atoms with Crippen molar-refractivity contribution >= 4 is 5.69 Å². The molecule has 1 aromatic rings. The van der Waals surface area contributed by atoms with Crippen LogP contribution in [0.1, 0.15) is 17.2 Å². The molecule has 0 bridgehead atoms. The Morgan fingerprint density at radius 1 is 1.54 bits per heavy atom. The summed E-state index contributed by atoms with van der Waals surface area (Å²) in [7, 11) is 0. The zero-order valence-corrected chi connectivity index (χ0v) is 7.55. The van der Waals surface area contributed by atoms with Crippen LogP contribution in [-0.4, -0.2) is 0 Å². The fourth-order valence-corrected chi connectivity index (χ4v) is 1.21. The third-order valence-corrected chi connectivity index (χ3v) is 2.00. The van der Waals surface area contributed by atoms with E-state index in [4.69, 9.17) is 11.5 Å². The quantitative estimate of drug-likeness (QED) is 0.539. The molecule has 0 aliphatic carbocycles. The van der Waals surface area contributed by atoms with Gasteiger partial charge in [-0.05, 0) is 30.2 Å². The lowest BCUT2D eigenvalue weighted by Gasteiger charge is -2.11. The Labute approximate surface area is 77.0 Å². The van der Waals surface area contributed by atoms with Crippen LogP contribution in [0, 0.1) is 12.7 Å². The lowest BCUT2D eigenvalue weighted by Crippen LogP contribution is -2.09. The van der Waals surface area contributed by atoms with Crippen molar-refractivity contribution in [2.45, 2.75) is 13.0 Å². The van der Waals surface area contributed by atoms with Gasteiger partial charge in [-0.15, -0.1) is 6.58 Å². The zero-order valence-electron chi connectivity index (χ0n) is 7.55. The Kier molecular flexibility index (Phi) is 2.68. The summed E-state index contributed by atoms with van der Waals surface area (Å²) in [5, 5.41) is 0. The van der Waals surface area contributed by atoms with Gasteiger partial charge in [0.25, 0.3) is 0 Å². The molecular weight excluding hydrogens is 167 g/mol. The SMILES string of the molecule is C=C[C@@H](N)c1cc(F)c(N)cc1C. The number of anilines is 1. The highest BCUT2D eigenvalue weighted by Crippen LogP contribution is 2.21. The van der Waals surface area contributed by atoms with E-state index in [1.165, 1.54) is 6.07 Å². The molecule has 4 N–H and O–H groups in total. The first-order chi connectivity index (χ1) is 6.06. The molecule has 3 heteroatoms. The minimum atomic E-state index is -0.432. The van der Waals surface area contributed by atoms with Gasteiger partial charge >= 0.3 is 0 Å². The van der Waals surface area contributed by atoms with E-state index in [1.807, 2.05) is 6.92 Å². The van der Waals surface area contributed by atoms with Crippen LogP contribution in [0.15, 0.2) is 24.8 Å². The second-order valence-electron chi connectivity index (χ2n) is 2.99. The van der Waals surface area contributed by atoms with Crippen molar-refractivity contribution in [3.05, 3.63) is 41.7 Å². The Morgan fingerprint density at radius 2 is 2.15 bits per heavy atom. The molecule has 1 atom stereocenters. The zero-order chi connectivity index (χ0) is 10.0. The molecule has 0 heterocycles. The van der Waals surface area contributed by atoms with Crippen LogP contribution in [0.5, 0.6) is 0 Å². The van der Waals surface area contributed by atoms with Gasteiger partial charge in [0.05, 0.1) is 5.69 Å². The molecule has 2 nitrogen and oxygen atoms in total. The third-order valence-electron chi connectivity index (χ3n) is 2.00. The minimum Gasteiger partial charge on any atom is -0.396 e. The lowest BCUT2D eigenvalue weighted by molar-refractivity contribution is 0.628. The molecule has 13 heavy (non-hydrogen) atoms. The van der Waals surface area contributed by atoms with E-state index in [1.54, 1.807) is 12.1 Å². The van der Waals surface area contributed by atoms with Crippen molar-refractivity contribution < 1.29 is 4.39 Å². The summed E-state index contributed by atoms with van der Waals surface area (Å²) < 4.78 is 13.0. The molecule has 0 aromatic heterocycles. The maximum Gasteiger partial charge on any atom is 0.146 e. The monoisotopic (exact) mass is 180 g/mol. The van der Waals surface area contributed by atoms with E-state index >= 15 is 0 Å². The number of hydrogen-bond acceptors (Lipinski definition) is 2. The number of rotatable bonds is 2. The molecule has 0 saturated heterocycles. The van der Waals surface area contributed by atoms with Crippen LogP contribution in [0.2, 0.25) is 0 Å². The molecule has 70 valence electrons. The topological polar surface area (TPSA) is 52.0 Å². The summed E-state index contributed by atoms with van der Waals surface area (Å²) in [5.74, 6) is -0.432. The van der Waals surface area contributed by atoms with Crippen LogP contribution in [-0.2, 0) is 0 Å². The highest BCUT2D eigenvalue weighted by molar-refractivity contribution is 5.47. The molecule has 1 rings (SSSR count). The molecule has 0 unspecified atom stereocenters. The average Bonchev–Trinajstić information content (AvgIpc) is 2.10. The van der Waals surface area contributed by atoms with Crippen LogP contribution in [0.3, 0.4) is 0 Å². The van der Waals surface area contributed by atoms with E-state index in [9.17, 15) is 4.39 Å². The first kappa shape index (κ1) is 9.74. The number of aryl methyl sites for hydroxylation is 1. The number of halogens is 1. The Bertz CT molecular complexity index is 334. The Hall–Kier alpha value is -1.35. The molecular formula is C10H13FN2. The van der Waals surface area contributed by atoms with E-state index in [0.717, 1.165) is 11.1 Å². The third kappa shape index (κ3) is 1.87. The van der Waals surface area contributed by atoms with Crippen molar-refractivity contribution in [2.75, 3.05) is 5.73 Å². The van der Waals surface area contributed by atoms with Gasteiger partial charge in [0.1, 0.15) is 5.82 Å². The number of nitrogens with two attached hydrogens (primary N) is 2. The van der Waals surface area contributed by atoms with Gasteiger partial charge in [-0.2, -0.15) is 0 Å². The normalized spacial score (nSPS) is 12.5. The standard InChI is InChI=1S/C10H13FN2/c1-3-9(12)7-5-8(11)10(13)4-6(7)2/h3-5,9H,1,12-13H2,2H3/t9-/m1/s1. The Morgan fingerprint density at radius 3 is 2.69 bits per heavy atom. The predicted molar refractivity (Wildman–Crippen MR) is 52.7 cm³/mol. The molecule has 0 aliphatic rings. The summed E-state index contributed by atoms with van der Waals surface area (Å²) in [6.45, 7) is 5.39. The number of nitrogen functional groups attached to an aromatic ring is 1. The summed E-state index contributed by atoms with van der Waals surface area (Å²) in [6, 6.07) is 2.60. The molecule has 0 saturated carbocycles. The fraction of sp³-hybridized carbons (Fsp3) is 0.200. The largest absolute Gasteiger partial charge is 0.396 e. The van der Waals surface area contributed by atoms with E-state index in [-0.39, 0.29) is 11.7 Å². The van der Waals surface area contributed by atoms with Gasteiger partial charge in [0.15, 0.2) is 0 Å².